The van der Waals surface area contributed by atoms with Gasteiger partial charge in [0.25, 0.3) is 0 Å². The van der Waals surface area contributed by atoms with E-state index in [-0.39, 0.29) is 11.5 Å². The molecule has 6 nitrogen and oxygen atoms in total. The molecule has 0 unspecified atom stereocenters. The van der Waals surface area contributed by atoms with Crippen molar-refractivity contribution in [1.82, 2.24) is 5.20 Å². The van der Waals surface area contributed by atoms with Gasteiger partial charge in [-0.3, -0.25) is 4.79 Å². The van der Waals surface area contributed by atoms with Crippen LogP contribution in [0.15, 0.2) is 114 Å². The number of carbonyl (C=O) groups is 1. The molecule has 4 aromatic rings. The maximum Gasteiger partial charge on any atom is 0.557 e. The number of hydrazone groups is 1. The number of hydrogen-bond acceptors (Lipinski definition) is 5. The lowest BCUT2D eigenvalue weighted by Gasteiger charge is -2.19. The lowest BCUT2D eigenvalue weighted by atomic mass is 10.0. The van der Waals surface area contributed by atoms with Crippen molar-refractivity contribution >= 4 is 19.2 Å². The first kappa shape index (κ1) is 24.0. The topological polar surface area (TPSA) is 77.0 Å². The zero-order chi connectivity index (χ0) is 24.7. The molecule has 0 saturated heterocycles. The standard InChI is InChI=1S/C28H25N2O4P/c1-21-13-17-25(18-14-21)33-35(32,34-26-19-15-22(2)16-20-26)30-29-27(23-9-5-3-6-10-23)28(31)24-11-7-4-8-12-24/h3-20H,1-2H3,(H,30,32)/b29-27-. The monoisotopic (exact) mass is 484 g/mol. The summed E-state index contributed by atoms with van der Waals surface area (Å²) in [7, 11) is -4.09. The summed E-state index contributed by atoms with van der Waals surface area (Å²) in [5.41, 5.74) is 3.14. The Hall–Kier alpha value is -4.15. The molecule has 0 aromatic heterocycles. The molecule has 1 N–H and O–H groups in total. The number of nitrogens with one attached hydrogen (secondary N) is 1. The van der Waals surface area contributed by atoms with E-state index >= 15 is 0 Å². The summed E-state index contributed by atoms with van der Waals surface area (Å²) in [5, 5.41) is 6.82. The predicted molar refractivity (Wildman–Crippen MR) is 138 cm³/mol. The molecular formula is C28H25N2O4P. The minimum atomic E-state index is -4.09. The van der Waals surface area contributed by atoms with Crippen LogP contribution in [0.3, 0.4) is 0 Å². The molecule has 0 saturated carbocycles. The first-order valence-electron chi connectivity index (χ1n) is 11.0. The van der Waals surface area contributed by atoms with Crippen LogP contribution in [0.1, 0.15) is 27.0 Å². The molecule has 35 heavy (non-hydrogen) atoms. The number of nitrogens with zero attached hydrogens (tertiary/aromatic N) is 1. The van der Waals surface area contributed by atoms with E-state index in [2.05, 4.69) is 10.3 Å². The predicted octanol–water partition coefficient (Wildman–Crippen LogP) is 6.75. The lowest BCUT2D eigenvalue weighted by Crippen LogP contribution is -2.22. The second-order valence-electron chi connectivity index (χ2n) is 7.93. The average molecular weight is 484 g/mol. The highest BCUT2D eigenvalue weighted by Gasteiger charge is 2.30. The normalized spacial score (nSPS) is 11.5. The van der Waals surface area contributed by atoms with Crippen molar-refractivity contribution in [1.29, 1.82) is 0 Å². The average Bonchev–Trinajstić information content (AvgIpc) is 2.88. The molecule has 0 aliphatic rings. The number of rotatable bonds is 9. The van der Waals surface area contributed by atoms with Crippen LogP contribution >= 0.6 is 7.75 Å². The highest BCUT2D eigenvalue weighted by Crippen LogP contribution is 2.45. The van der Waals surface area contributed by atoms with E-state index in [0.717, 1.165) is 11.1 Å². The molecule has 0 atom stereocenters. The fraction of sp³-hybridized carbons (Fsp3) is 0.0714. The van der Waals surface area contributed by atoms with Crippen molar-refractivity contribution in [3.05, 3.63) is 131 Å². The van der Waals surface area contributed by atoms with Crippen molar-refractivity contribution in [2.45, 2.75) is 13.8 Å². The van der Waals surface area contributed by atoms with Gasteiger partial charge in [-0.2, -0.15) is 10.3 Å². The fourth-order valence-electron chi connectivity index (χ4n) is 3.22. The first-order chi connectivity index (χ1) is 16.9. The van der Waals surface area contributed by atoms with Gasteiger partial charge in [-0.05, 0) is 38.1 Å². The molecule has 4 aromatic carbocycles. The van der Waals surface area contributed by atoms with E-state index < -0.39 is 7.75 Å². The van der Waals surface area contributed by atoms with E-state index in [9.17, 15) is 9.36 Å². The Bertz CT molecular complexity index is 1300. The Balaban J connectivity index is 1.71. The van der Waals surface area contributed by atoms with Crippen molar-refractivity contribution in [2.24, 2.45) is 5.10 Å². The van der Waals surface area contributed by atoms with Crippen LogP contribution in [-0.2, 0) is 4.57 Å². The number of hydrogen-bond donors (Lipinski definition) is 1. The molecule has 7 heteroatoms. The molecule has 0 amide bonds. The third kappa shape index (κ3) is 6.46. The van der Waals surface area contributed by atoms with Gasteiger partial charge in [-0.1, -0.05) is 96.1 Å². The van der Waals surface area contributed by atoms with E-state index in [4.69, 9.17) is 9.05 Å². The van der Waals surface area contributed by atoms with E-state index in [0.29, 0.717) is 22.6 Å². The summed E-state index contributed by atoms with van der Waals surface area (Å²) < 4.78 is 25.4. The van der Waals surface area contributed by atoms with Gasteiger partial charge in [0, 0.05) is 11.1 Å². The Morgan fingerprint density at radius 2 is 1.09 bits per heavy atom. The number of Topliss-reactive ketones (excluding diaryl/α,β-unsaturated/α-hetero) is 1. The highest BCUT2D eigenvalue weighted by molar-refractivity contribution is 7.52. The van der Waals surface area contributed by atoms with Crippen molar-refractivity contribution in [3.8, 4) is 11.5 Å². The molecule has 0 aliphatic carbocycles. The largest absolute Gasteiger partial charge is 0.557 e. The van der Waals surface area contributed by atoms with Gasteiger partial charge in [-0.15, -0.1) is 0 Å². The number of ketones is 1. The third-order valence-corrected chi connectivity index (χ3v) is 6.32. The molecule has 0 spiro atoms. The summed E-state index contributed by atoms with van der Waals surface area (Å²) in [5.74, 6) is 0.343. The van der Waals surface area contributed by atoms with Gasteiger partial charge in [0.05, 0.1) is 0 Å². The second-order valence-corrected chi connectivity index (χ2v) is 9.49. The summed E-state index contributed by atoms with van der Waals surface area (Å²) in [6.07, 6.45) is 0. The Morgan fingerprint density at radius 1 is 0.657 bits per heavy atom. The van der Waals surface area contributed by atoms with E-state index in [1.54, 1.807) is 72.8 Å². The zero-order valence-corrected chi connectivity index (χ0v) is 20.3. The quantitative estimate of drug-likeness (QED) is 0.123. The number of aryl methyl sites for hydroxylation is 2. The molecule has 4 rings (SSSR count). The van der Waals surface area contributed by atoms with Crippen molar-refractivity contribution in [2.75, 3.05) is 0 Å². The Labute approximate surface area is 204 Å². The molecule has 0 bridgehead atoms. The van der Waals surface area contributed by atoms with Gasteiger partial charge < -0.3 is 9.05 Å². The summed E-state index contributed by atoms with van der Waals surface area (Å²) >= 11 is 0. The van der Waals surface area contributed by atoms with Crippen molar-refractivity contribution < 1.29 is 18.4 Å². The molecule has 0 radical (unpaired) electrons. The highest BCUT2D eigenvalue weighted by atomic mass is 31.2. The molecular weight excluding hydrogens is 459 g/mol. The van der Waals surface area contributed by atoms with Crippen molar-refractivity contribution in [3.63, 3.8) is 0 Å². The maximum absolute atomic E-state index is 13.8. The van der Waals surface area contributed by atoms with Gasteiger partial charge >= 0.3 is 7.75 Å². The van der Waals surface area contributed by atoms with Crippen LogP contribution < -0.4 is 14.2 Å². The summed E-state index contributed by atoms with van der Waals surface area (Å²) in [6.45, 7) is 3.88. The van der Waals surface area contributed by atoms with E-state index in [1.165, 1.54) is 0 Å². The molecule has 0 aliphatic heterocycles. The minimum absolute atomic E-state index is 0.0806. The Morgan fingerprint density at radius 3 is 1.54 bits per heavy atom. The molecule has 176 valence electrons. The Kier molecular flexibility index (Phi) is 7.44. The van der Waals surface area contributed by atoms with Gasteiger partial charge in [0.1, 0.15) is 17.2 Å². The number of benzene rings is 4. The van der Waals surface area contributed by atoms with Gasteiger partial charge in [0.15, 0.2) is 0 Å². The van der Waals surface area contributed by atoms with Crippen LogP contribution in [0.5, 0.6) is 11.5 Å². The smallest absolute Gasteiger partial charge is 0.399 e. The maximum atomic E-state index is 13.8. The SMILES string of the molecule is Cc1ccc(OP(=O)(N/N=C(\C(=O)c2ccccc2)c2ccccc2)Oc2ccc(C)cc2)cc1. The summed E-state index contributed by atoms with van der Waals surface area (Å²) in [6, 6.07) is 31.8. The third-order valence-electron chi connectivity index (χ3n) is 5.08. The fourth-order valence-corrected chi connectivity index (χ4v) is 4.36. The number of carbonyl (C=O) groups excluding carboxylic acids is 1. The summed E-state index contributed by atoms with van der Waals surface area (Å²) in [4.78, 5) is 13.3. The minimum Gasteiger partial charge on any atom is -0.399 e. The van der Waals surface area contributed by atoms with E-state index in [1.807, 2.05) is 50.2 Å². The van der Waals surface area contributed by atoms with Gasteiger partial charge in [-0.25, -0.2) is 4.57 Å². The van der Waals surface area contributed by atoms with Crippen LogP contribution in [0.2, 0.25) is 0 Å². The van der Waals surface area contributed by atoms with Gasteiger partial charge in [0.2, 0.25) is 5.78 Å². The van der Waals surface area contributed by atoms with Crippen LogP contribution in [0.4, 0.5) is 0 Å². The molecule has 0 fully saturated rings. The zero-order valence-electron chi connectivity index (χ0n) is 19.4. The lowest BCUT2D eigenvalue weighted by molar-refractivity contribution is 0.106. The van der Waals surface area contributed by atoms with Crippen LogP contribution in [0.25, 0.3) is 0 Å². The molecule has 0 heterocycles. The van der Waals surface area contributed by atoms with Crippen LogP contribution in [0, 0.1) is 13.8 Å². The van der Waals surface area contributed by atoms with Crippen LogP contribution in [-0.4, -0.2) is 11.5 Å². The first-order valence-corrected chi connectivity index (χ1v) is 12.6. The second kappa shape index (κ2) is 10.9.